The van der Waals surface area contributed by atoms with Crippen molar-refractivity contribution in [2.45, 2.75) is 19.4 Å². The van der Waals surface area contributed by atoms with Crippen molar-refractivity contribution in [2.24, 2.45) is 0 Å². The number of ketones is 1. The Morgan fingerprint density at radius 1 is 1.18 bits per heavy atom. The first-order valence-corrected chi connectivity index (χ1v) is 7.09. The number of nitro groups is 1. The van der Waals surface area contributed by atoms with Crippen LogP contribution in [0.15, 0.2) is 48.5 Å². The van der Waals surface area contributed by atoms with E-state index in [-0.39, 0.29) is 17.5 Å². The van der Waals surface area contributed by atoms with Gasteiger partial charge in [0.15, 0.2) is 0 Å². The van der Waals surface area contributed by atoms with Crippen molar-refractivity contribution in [2.75, 3.05) is 5.32 Å². The van der Waals surface area contributed by atoms with Crippen molar-refractivity contribution in [3.8, 4) is 0 Å². The Bertz CT molecular complexity index is 669. The molecule has 0 fully saturated rings. The van der Waals surface area contributed by atoms with Crippen LogP contribution in [-0.2, 0) is 4.79 Å². The number of rotatable bonds is 6. The molecule has 1 atom stereocenters. The third-order valence-corrected chi connectivity index (χ3v) is 3.43. The maximum absolute atomic E-state index is 11.5. The minimum absolute atomic E-state index is 0.0248. The average Bonchev–Trinajstić information content (AvgIpc) is 2.48. The molecule has 5 nitrogen and oxygen atoms in total. The Labute approximate surface area is 133 Å². The first-order valence-electron chi connectivity index (χ1n) is 6.71. The Morgan fingerprint density at radius 3 is 2.27 bits per heavy atom. The van der Waals surface area contributed by atoms with Gasteiger partial charge in [0.25, 0.3) is 5.69 Å². The Hall–Kier alpha value is -2.40. The number of carbonyl (C=O) groups excluding carboxylic acids is 1. The third-order valence-electron chi connectivity index (χ3n) is 3.18. The fraction of sp³-hybridized carbons (Fsp3) is 0.188. The lowest BCUT2D eigenvalue weighted by molar-refractivity contribution is -0.384. The standard InChI is InChI=1S/C16H15ClN2O3/c1-11(20)10-16(18-14-6-4-13(17)5-7-14)12-2-8-15(9-3-12)19(21)22/h2-9,16,18H,10H2,1H3. The van der Waals surface area contributed by atoms with Gasteiger partial charge in [0.1, 0.15) is 5.78 Å². The van der Waals surface area contributed by atoms with Gasteiger partial charge in [-0.2, -0.15) is 0 Å². The minimum atomic E-state index is -0.448. The molecule has 22 heavy (non-hydrogen) atoms. The molecule has 0 heterocycles. The van der Waals surface area contributed by atoms with Crippen molar-refractivity contribution in [1.82, 2.24) is 0 Å². The summed E-state index contributed by atoms with van der Waals surface area (Å²) in [6, 6.07) is 13.1. The molecule has 114 valence electrons. The van der Waals surface area contributed by atoms with Crippen LogP contribution in [0.4, 0.5) is 11.4 Å². The van der Waals surface area contributed by atoms with Gasteiger partial charge in [0.05, 0.1) is 11.0 Å². The lowest BCUT2D eigenvalue weighted by atomic mass is 10.0. The number of non-ortho nitro benzene ring substituents is 1. The largest absolute Gasteiger partial charge is 0.378 e. The summed E-state index contributed by atoms with van der Waals surface area (Å²) in [7, 11) is 0. The molecule has 0 bridgehead atoms. The summed E-state index contributed by atoms with van der Waals surface area (Å²) >= 11 is 5.85. The van der Waals surface area contributed by atoms with Gasteiger partial charge >= 0.3 is 0 Å². The summed E-state index contributed by atoms with van der Waals surface area (Å²) in [4.78, 5) is 21.7. The summed E-state index contributed by atoms with van der Waals surface area (Å²) in [6.07, 6.45) is 0.292. The Kier molecular flexibility index (Phi) is 5.12. The zero-order valence-corrected chi connectivity index (χ0v) is 12.7. The molecule has 2 aromatic carbocycles. The van der Waals surface area contributed by atoms with E-state index in [0.29, 0.717) is 11.4 Å². The van der Waals surface area contributed by atoms with Crippen LogP contribution in [0.1, 0.15) is 24.9 Å². The minimum Gasteiger partial charge on any atom is -0.378 e. The number of halogens is 1. The number of hydrogen-bond acceptors (Lipinski definition) is 4. The topological polar surface area (TPSA) is 72.2 Å². The van der Waals surface area contributed by atoms with E-state index in [0.717, 1.165) is 11.3 Å². The molecular formula is C16H15ClN2O3. The van der Waals surface area contributed by atoms with E-state index in [1.165, 1.54) is 19.1 Å². The lowest BCUT2D eigenvalue weighted by Crippen LogP contribution is -2.14. The van der Waals surface area contributed by atoms with Crippen LogP contribution in [0.3, 0.4) is 0 Å². The summed E-state index contributed by atoms with van der Waals surface area (Å²) in [6.45, 7) is 1.52. The Balaban J connectivity index is 2.23. The summed E-state index contributed by atoms with van der Waals surface area (Å²) in [5, 5.41) is 14.6. The smallest absolute Gasteiger partial charge is 0.269 e. The van der Waals surface area contributed by atoms with Crippen LogP contribution in [0.5, 0.6) is 0 Å². The molecule has 2 aromatic rings. The van der Waals surface area contributed by atoms with Gasteiger partial charge in [-0.05, 0) is 36.8 Å². The molecule has 0 radical (unpaired) electrons. The van der Waals surface area contributed by atoms with Crippen molar-refractivity contribution in [1.29, 1.82) is 0 Å². The highest BCUT2D eigenvalue weighted by molar-refractivity contribution is 6.30. The first kappa shape index (κ1) is 16.0. The molecule has 1 unspecified atom stereocenters. The van der Waals surface area contributed by atoms with E-state index >= 15 is 0 Å². The molecule has 0 aliphatic heterocycles. The second kappa shape index (κ2) is 7.04. The van der Waals surface area contributed by atoms with Gasteiger partial charge in [0, 0.05) is 29.3 Å². The highest BCUT2D eigenvalue weighted by Gasteiger charge is 2.15. The van der Waals surface area contributed by atoms with Crippen LogP contribution in [0, 0.1) is 10.1 Å². The molecule has 0 spiro atoms. The highest BCUT2D eigenvalue weighted by Crippen LogP contribution is 2.25. The normalized spacial score (nSPS) is 11.7. The maximum Gasteiger partial charge on any atom is 0.269 e. The van der Waals surface area contributed by atoms with Crippen molar-refractivity contribution in [3.05, 3.63) is 69.2 Å². The van der Waals surface area contributed by atoms with E-state index in [1.54, 1.807) is 24.3 Å². The van der Waals surface area contributed by atoms with Crippen LogP contribution in [-0.4, -0.2) is 10.7 Å². The maximum atomic E-state index is 11.5. The SMILES string of the molecule is CC(=O)CC(Nc1ccc(Cl)cc1)c1ccc([N+](=O)[O-])cc1. The number of carbonyl (C=O) groups is 1. The van der Waals surface area contributed by atoms with E-state index in [2.05, 4.69) is 5.32 Å². The van der Waals surface area contributed by atoms with Crippen LogP contribution in [0.2, 0.25) is 5.02 Å². The van der Waals surface area contributed by atoms with Gasteiger partial charge in [-0.15, -0.1) is 0 Å². The molecule has 2 rings (SSSR count). The lowest BCUT2D eigenvalue weighted by Gasteiger charge is -2.19. The van der Waals surface area contributed by atoms with E-state index < -0.39 is 4.92 Å². The summed E-state index contributed by atoms with van der Waals surface area (Å²) in [5.41, 5.74) is 1.67. The first-order chi connectivity index (χ1) is 10.5. The monoisotopic (exact) mass is 318 g/mol. The number of Topliss-reactive ketones (excluding diaryl/α,β-unsaturated/α-hetero) is 1. The molecule has 0 saturated carbocycles. The second-order valence-electron chi connectivity index (χ2n) is 4.96. The molecule has 0 saturated heterocycles. The molecule has 0 aromatic heterocycles. The number of nitrogens with one attached hydrogen (secondary N) is 1. The van der Waals surface area contributed by atoms with Gasteiger partial charge in [-0.1, -0.05) is 23.7 Å². The van der Waals surface area contributed by atoms with Crippen molar-refractivity contribution in [3.63, 3.8) is 0 Å². The highest BCUT2D eigenvalue weighted by atomic mass is 35.5. The molecular weight excluding hydrogens is 304 g/mol. The number of nitrogens with zero attached hydrogens (tertiary/aromatic N) is 1. The molecule has 0 amide bonds. The molecule has 6 heteroatoms. The van der Waals surface area contributed by atoms with Crippen molar-refractivity contribution < 1.29 is 9.72 Å². The third kappa shape index (κ3) is 4.30. The summed E-state index contributed by atoms with van der Waals surface area (Å²) < 4.78 is 0. The number of benzene rings is 2. The Morgan fingerprint density at radius 2 is 1.77 bits per heavy atom. The number of hydrogen-bond donors (Lipinski definition) is 1. The quantitative estimate of drug-likeness (QED) is 0.633. The van der Waals surface area contributed by atoms with Crippen LogP contribution < -0.4 is 5.32 Å². The van der Waals surface area contributed by atoms with Gasteiger partial charge < -0.3 is 5.32 Å². The number of nitro benzene ring substituents is 1. The summed E-state index contributed by atoms with van der Waals surface area (Å²) in [5.74, 6) is 0.0322. The zero-order valence-electron chi connectivity index (χ0n) is 12.0. The second-order valence-corrected chi connectivity index (χ2v) is 5.40. The predicted molar refractivity (Wildman–Crippen MR) is 86.2 cm³/mol. The molecule has 0 aliphatic rings. The molecule has 0 aliphatic carbocycles. The van der Waals surface area contributed by atoms with Gasteiger partial charge in [-0.25, -0.2) is 0 Å². The number of anilines is 1. The van der Waals surface area contributed by atoms with E-state index in [1.807, 2.05) is 12.1 Å². The van der Waals surface area contributed by atoms with Crippen LogP contribution in [0.25, 0.3) is 0 Å². The average molecular weight is 319 g/mol. The molecule has 1 N–H and O–H groups in total. The predicted octanol–water partition coefficient (Wildman–Crippen LogP) is 4.38. The van der Waals surface area contributed by atoms with E-state index in [9.17, 15) is 14.9 Å². The van der Waals surface area contributed by atoms with Crippen LogP contribution >= 0.6 is 11.6 Å². The zero-order chi connectivity index (χ0) is 16.1. The van der Waals surface area contributed by atoms with Gasteiger partial charge in [-0.3, -0.25) is 14.9 Å². The fourth-order valence-electron chi connectivity index (χ4n) is 2.12. The van der Waals surface area contributed by atoms with Crippen molar-refractivity contribution >= 4 is 28.8 Å². The van der Waals surface area contributed by atoms with E-state index in [4.69, 9.17) is 11.6 Å². The fourth-order valence-corrected chi connectivity index (χ4v) is 2.24. The van der Waals surface area contributed by atoms with Gasteiger partial charge in [0.2, 0.25) is 0 Å².